The molecule has 0 spiro atoms. The van der Waals surface area contributed by atoms with E-state index in [4.69, 9.17) is 37.2 Å². The molecule has 0 saturated carbocycles. The number of aromatic nitrogens is 1. The van der Waals surface area contributed by atoms with Crippen molar-refractivity contribution in [1.29, 1.82) is 0 Å². The Kier molecular flexibility index (Phi) is 6.05. The van der Waals surface area contributed by atoms with Crippen LogP contribution in [0.2, 0.25) is 10.0 Å². The van der Waals surface area contributed by atoms with Crippen LogP contribution in [0.5, 0.6) is 5.88 Å². The molecule has 0 unspecified atom stereocenters. The minimum atomic E-state index is -1.05. The molecule has 0 aliphatic carbocycles. The van der Waals surface area contributed by atoms with Crippen molar-refractivity contribution in [3.63, 3.8) is 0 Å². The van der Waals surface area contributed by atoms with E-state index in [0.29, 0.717) is 21.5 Å². The number of anilines is 1. The summed E-state index contributed by atoms with van der Waals surface area (Å²) in [6.45, 7) is 2.71. The maximum Gasteiger partial charge on any atom is 0.345 e. The molecule has 1 heterocycles. The highest BCUT2D eigenvalue weighted by Gasteiger charge is 2.19. The van der Waals surface area contributed by atoms with Gasteiger partial charge in [-0.3, -0.25) is 4.79 Å². The molecule has 24 heavy (non-hydrogen) atoms. The van der Waals surface area contributed by atoms with Gasteiger partial charge in [0.25, 0.3) is 11.8 Å². The molecule has 0 aliphatic heterocycles. The van der Waals surface area contributed by atoms with Crippen LogP contribution in [0.1, 0.15) is 12.7 Å². The number of ether oxygens (including phenoxy) is 2. The van der Waals surface area contributed by atoms with E-state index in [0.717, 1.165) is 0 Å². The van der Waals surface area contributed by atoms with Gasteiger partial charge in [0, 0.05) is 11.1 Å². The van der Waals surface area contributed by atoms with Gasteiger partial charge in [0.05, 0.1) is 10.7 Å². The van der Waals surface area contributed by atoms with Crippen LogP contribution < -0.4 is 10.1 Å². The Balaban J connectivity index is 1.84. The van der Waals surface area contributed by atoms with E-state index in [1.807, 2.05) is 0 Å². The molecule has 7 nitrogen and oxygen atoms in total. The largest absolute Gasteiger partial charge is 0.463 e. The third-order valence-corrected chi connectivity index (χ3v) is 3.37. The summed E-state index contributed by atoms with van der Waals surface area (Å²) >= 11 is 11.8. The number of nitrogens with zero attached hydrogens (tertiary/aromatic N) is 1. The summed E-state index contributed by atoms with van der Waals surface area (Å²) < 4.78 is 14.8. The van der Waals surface area contributed by atoms with Crippen LogP contribution in [0.15, 0.2) is 28.8 Å². The normalized spacial score (nSPS) is 11.7. The van der Waals surface area contributed by atoms with Crippen molar-refractivity contribution in [3.05, 3.63) is 40.1 Å². The number of hydrogen-bond acceptors (Lipinski definition) is 6. The summed E-state index contributed by atoms with van der Waals surface area (Å²) in [5, 5.41) is 6.83. The molecular weight excluding hydrogens is 359 g/mol. The van der Waals surface area contributed by atoms with Gasteiger partial charge in [0.2, 0.25) is 0 Å². The van der Waals surface area contributed by atoms with E-state index in [2.05, 4.69) is 10.5 Å². The van der Waals surface area contributed by atoms with Gasteiger partial charge in [0.15, 0.2) is 12.7 Å². The predicted molar refractivity (Wildman–Crippen MR) is 87.4 cm³/mol. The smallest absolute Gasteiger partial charge is 0.345 e. The van der Waals surface area contributed by atoms with Gasteiger partial charge < -0.3 is 19.3 Å². The molecule has 0 aliphatic rings. The number of rotatable bonds is 6. The minimum absolute atomic E-state index is 0.160. The summed E-state index contributed by atoms with van der Waals surface area (Å²) in [6, 6.07) is 6.15. The van der Waals surface area contributed by atoms with E-state index in [1.165, 1.54) is 19.1 Å². The van der Waals surface area contributed by atoms with Crippen molar-refractivity contribution in [1.82, 2.24) is 5.16 Å². The molecule has 128 valence electrons. The van der Waals surface area contributed by atoms with Crippen molar-refractivity contribution in [2.24, 2.45) is 0 Å². The molecule has 0 bridgehead atoms. The van der Waals surface area contributed by atoms with Gasteiger partial charge >= 0.3 is 5.97 Å². The predicted octanol–water partition coefficient (Wildman–Crippen LogP) is 3.24. The van der Waals surface area contributed by atoms with Crippen LogP contribution >= 0.6 is 23.2 Å². The van der Waals surface area contributed by atoms with Crippen molar-refractivity contribution in [2.45, 2.75) is 20.0 Å². The van der Waals surface area contributed by atoms with Gasteiger partial charge in [-0.15, -0.1) is 0 Å². The Morgan fingerprint density at radius 1 is 1.33 bits per heavy atom. The first kappa shape index (κ1) is 18.1. The monoisotopic (exact) mass is 372 g/mol. The second-order valence-electron chi connectivity index (χ2n) is 4.81. The number of carbonyl (C=O) groups is 2. The van der Waals surface area contributed by atoms with Crippen LogP contribution in [0.4, 0.5) is 5.69 Å². The quantitative estimate of drug-likeness (QED) is 0.782. The Bertz CT molecular complexity index is 747. The molecule has 2 rings (SSSR count). The molecule has 1 N–H and O–H groups in total. The first-order chi connectivity index (χ1) is 11.3. The molecule has 9 heteroatoms. The standard InChI is InChI=1S/C15H14Cl2N2O5/c1-8-5-13(19-24-8)22-7-14(20)23-9(2)15(21)18-12-6-10(16)3-4-11(12)17/h3-6,9H,7H2,1-2H3,(H,18,21)/t9-/m1/s1. The summed E-state index contributed by atoms with van der Waals surface area (Å²) in [6.07, 6.45) is -1.05. The van der Waals surface area contributed by atoms with Gasteiger partial charge in [-0.25, -0.2) is 4.79 Å². The van der Waals surface area contributed by atoms with Gasteiger partial charge in [-0.1, -0.05) is 23.2 Å². The van der Waals surface area contributed by atoms with Crippen molar-refractivity contribution >= 4 is 40.8 Å². The summed E-state index contributed by atoms with van der Waals surface area (Å²) in [5.41, 5.74) is 0.325. The molecule has 0 saturated heterocycles. The number of hydrogen-bond donors (Lipinski definition) is 1. The summed E-state index contributed by atoms with van der Waals surface area (Å²) in [4.78, 5) is 23.7. The van der Waals surface area contributed by atoms with E-state index >= 15 is 0 Å². The lowest BCUT2D eigenvalue weighted by Crippen LogP contribution is -2.31. The van der Waals surface area contributed by atoms with Crippen LogP contribution in [-0.2, 0) is 14.3 Å². The van der Waals surface area contributed by atoms with Crippen molar-refractivity contribution in [2.75, 3.05) is 11.9 Å². The number of aryl methyl sites for hydroxylation is 1. The zero-order chi connectivity index (χ0) is 17.7. The highest BCUT2D eigenvalue weighted by atomic mass is 35.5. The fourth-order valence-electron chi connectivity index (χ4n) is 1.66. The third-order valence-electron chi connectivity index (χ3n) is 2.81. The topological polar surface area (TPSA) is 90.7 Å². The third kappa shape index (κ3) is 5.14. The molecule has 1 aromatic heterocycles. The first-order valence-electron chi connectivity index (χ1n) is 6.86. The molecule has 0 fully saturated rings. The zero-order valence-electron chi connectivity index (χ0n) is 12.8. The Morgan fingerprint density at radius 3 is 2.75 bits per heavy atom. The number of nitrogens with one attached hydrogen (secondary N) is 1. The number of amides is 1. The number of esters is 1. The lowest BCUT2D eigenvalue weighted by atomic mass is 10.3. The first-order valence-corrected chi connectivity index (χ1v) is 7.62. The average Bonchev–Trinajstić information content (AvgIpc) is 2.94. The number of halogens is 2. The maximum absolute atomic E-state index is 12.0. The lowest BCUT2D eigenvalue weighted by Gasteiger charge is -2.14. The highest BCUT2D eigenvalue weighted by molar-refractivity contribution is 6.35. The van der Waals surface area contributed by atoms with Crippen LogP contribution in [0.25, 0.3) is 0 Å². The minimum Gasteiger partial charge on any atom is -0.463 e. The number of benzene rings is 1. The van der Waals surface area contributed by atoms with Crippen molar-refractivity contribution < 1.29 is 23.6 Å². The second kappa shape index (κ2) is 8.03. The highest BCUT2D eigenvalue weighted by Crippen LogP contribution is 2.25. The van der Waals surface area contributed by atoms with Crippen LogP contribution in [0.3, 0.4) is 0 Å². The fraction of sp³-hybridized carbons (Fsp3) is 0.267. The van der Waals surface area contributed by atoms with Gasteiger partial charge in [-0.2, -0.15) is 0 Å². The second-order valence-corrected chi connectivity index (χ2v) is 5.65. The average molecular weight is 373 g/mol. The molecule has 0 radical (unpaired) electrons. The van der Waals surface area contributed by atoms with Gasteiger partial charge in [-0.05, 0) is 37.2 Å². The summed E-state index contributed by atoms with van der Waals surface area (Å²) in [7, 11) is 0. The van der Waals surface area contributed by atoms with Crippen molar-refractivity contribution in [3.8, 4) is 5.88 Å². The zero-order valence-corrected chi connectivity index (χ0v) is 14.4. The van der Waals surface area contributed by atoms with E-state index in [1.54, 1.807) is 19.1 Å². The Morgan fingerprint density at radius 2 is 2.08 bits per heavy atom. The SMILES string of the molecule is Cc1cc(OCC(=O)O[C@H](C)C(=O)Nc2cc(Cl)ccc2Cl)no1. The summed E-state index contributed by atoms with van der Waals surface area (Å²) in [5.74, 6) is -0.572. The molecular formula is C15H14Cl2N2O5. The van der Waals surface area contributed by atoms with E-state index in [9.17, 15) is 9.59 Å². The van der Waals surface area contributed by atoms with Gasteiger partial charge in [0.1, 0.15) is 5.76 Å². The molecule has 2 aromatic rings. The maximum atomic E-state index is 12.0. The van der Waals surface area contributed by atoms with E-state index < -0.39 is 24.6 Å². The Labute approximate surface area is 147 Å². The Hall–Kier alpha value is -2.25. The number of carbonyl (C=O) groups excluding carboxylic acids is 2. The van der Waals surface area contributed by atoms with E-state index in [-0.39, 0.29) is 5.88 Å². The van der Waals surface area contributed by atoms with Crippen LogP contribution in [0, 0.1) is 6.92 Å². The van der Waals surface area contributed by atoms with Crippen LogP contribution in [-0.4, -0.2) is 29.7 Å². The molecule has 1 atom stereocenters. The molecule has 1 aromatic carbocycles. The lowest BCUT2D eigenvalue weighted by molar-refractivity contribution is -0.155. The molecule has 1 amide bonds. The fourth-order valence-corrected chi connectivity index (χ4v) is 1.99.